The van der Waals surface area contributed by atoms with Crippen molar-refractivity contribution in [2.75, 3.05) is 31.2 Å². The second-order valence-electron chi connectivity index (χ2n) is 8.05. The van der Waals surface area contributed by atoms with Crippen LogP contribution in [0.15, 0.2) is 54.7 Å². The molecule has 2 heterocycles. The number of aromatic nitrogens is 1. The maximum absolute atomic E-state index is 12.9. The summed E-state index contributed by atoms with van der Waals surface area (Å²) in [5, 5.41) is 4.09. The standard InChI is InChI=1S/C24H29N3O2/c1-18(2)16-27-17-22(21-5-3-4-6-23(21)27)24(28)25-15-19-7-9-20(10-8-19)26-11-13-29-14-12-26/h3-10,17-18H,11-16H2,1-2H3,(H,25,28). The van der Waals surface area contributed by atoms with E-state index in [4.69, 9.17) is 4.74 Å². The Hall–Kier alpha value is -2.79. The second-order valence-corrected chi connectivity index (χ2v) is 8.05. The van der Waals surface area contributed by atoms with Gasteiger partial charge in [-0.15, -0.1) is 0 Å². The Morgan fingerprint density at radius 3 is 2.52 bits per heavy atom. The molecule has 3 aromatic rings. The van der Waals surface area contributed by atoms with Crippen molar-refractivity contribution < 1.29 is 9.53 Å². The van der Waals surface area contributed by atoms with Crippen LogP contribution in [-0.4, -0.2) is 36.8 Å². The normalized spacial score (nSPS) is 14.5. The summed E-state index contributed by atoms with van der Waals surface area (Å²) in [4.78, 5) is 15.2. The minimum Gasteiger partial charge on any atom is -0.378 e. The van der Waals surface area contributed by atoms with Gasteiger partial charge in [0.1, 0.15) is 0 Å². The first-order chi connectivity index (χ1) is 14.1. The number of anilines is 1. The van der Waals surface area contributed by atoms with Crippen LogP contribution in [0.4, 0.5) is 5.69 Å². The van der Waals surface area contributed by atoms with Crippen molar-refractivity contribution >= 4 is 22.5 Å². The summed E-state index contributed by atoms with van der Waals surface area (Å²) in [5.41, 5.74) is 4.16. The van der Waals surface area contributed by atoms with Gasteiger partial charge in [0.15, 0.2) is 0 Å². The lowest BCUT2D eigenvalue weighted by Crippen LogP contribution is -2.36. The van der Waals surface area contributed by atoms with E-state index in [0.717, 1.165) is 54.9 Å². The number of hydrogen-bond acceptors (Lipinski definition) is 3. The molecule has 1 aromatic heterocycles. The SMILES string of the molecule is CC(C)Cn1cc(C(=O)NCc2ccc(N3CCOCC3)cc2)c2ccccc21. The monoisotopic (exact) mass is 391 g/mol. The molecule has 0 radical (unpaired) electrons. The largest absolute Gasteiger partial charge is 0.378 e. The summed E-state index contributed by atoms with van der Waals surface area (Å²) in [6.07, 6.45) is 1.99. The number of hydrogen-bond donors (Lipinski definition) is 1. The Balaban J connectivity index is 1.44. The van der Waals surface area contributed by atoms with Crippen molar-refractivity contribution in [3.05, 3.63) is 65.9 Å². The van der Waals surface area contributed by atoms with Crippen LogP contribution in [0, 0.1) is 5.92 Å². The van der Waals surface area contributed by atoms with E-state index < -0.39 is 0 Å². The number of ether oxygens (including phenoxy) is 1. The number of rotatable bonds is 6. The number of fused-ring (bicyclic) bond motifs is 1. The maximum atomic E-state index is 12.9. The highest BCUT2D eigenvalue weighted by Gasteiger charge is 2.15. The fourth-order valence-electron chi connectivity index (χ4n) is 3.90. The van der Waals surface area contributed by atoms with Gasteiger partial charge in [0.2, 0.25) is 0 Å². The second kappa shape index (κ2) is 8.70. The topological polar surface area (TPSA) is 46.5 Å². The molecule has 0 saturated carbocycles. The Morgan fingerprint density at radius 2 is 1.79 bits per heavy atom. The third-order valence-corrected chi connectivity index (χ3v) is 5.36. The van der Waals surface area contributed by atoms with Gasteiger partial charge >= 0.3 is 0 Å². The molecule has 152 valence electrons. The molecule has 0 bridgehead atoms. The van der Waals surface area contributed by atoms with Gasteiger partial charge in [-0.05, 0) is 29.7 Å². The predicted octanol–water partition coefficient (Wildman–Crippen LogP) is 4.06. The van der Waals surface area contributed by atoms with Crippen molar-refractivity contribution in [1.29, 1.82) is 0 Å². The third-order valence-electron chi connectivity index (χ3n) is 5.36. The molecule has 1 fully saturated rings. The van der Waals surface area contributed by atoms with E-state index in [9.17, 15) is 4.79 Å². The summed E-state index contributed by atoms with van der Waals surface area (Å²) in [6, 6.07) is 16.6. The van der Waals surface area contributed by atoms with E-state index in [2.05, 4.69) is 59.0 Å². The van der Waals surface area contributed by atoms with E-state index in [1.807, 2.05) is 24.4 Å². The van der Waals surface area contributed by atoms with E-state index >= 15 is 0 Å². The van der Waals surface area contributed by atoms with Crippen LogP contribution in [0.3, 0.4) is 0 Å². The molecule has 1 amide bonds. The summed E-state index contributed by atoms with van der Waals surface area (Å²) in [6.45, 7) is 9.21. The molecule has 0 spiro atoms. The molecule has 0 atom stereocenters. The Morgan fingerprint density at radius 1 is 1.07 bits per heavy atom. The van der Waals surface area contributed by atoms with Gasteiger partial charge < -0.3 is 19.5 Å². The number of benzene rings is 2. The Kier molecular flexibility index (Phi) is 5.86. The highest BCUT2D eigenvalue weighted by Crippen LogP contribution is 2.23. The van der Waals surface area contributed by atoms with Gasteiger partial charge in [-0.2, -0.15) is 0 Å². The number of amides is 1. The molecule has 2 aromatic carbocycles. The molecule has 4 rings (SSSR count). The zero-order valence-corrected chi connectivity index (χ0v) is 17.2. The van der Waals surface area contributed by atoms with Gasteiger partial charge in [0.05, 0.1) is 18.8 Å². The van der Waals surface area contributed by atoms with Gasteiger partial charge in [-0.1, -0.05) is 44.2 Å². The number of morpholine rings is 1. The molecular formula is C24H29N3O2. The zero-order valence-electron chi connectivity index (χ0n) is 17.2. The molecule has 1 N–H and O–H groups in total. The first kappa shape index (κ1) is 19.5. The van der Waals surface area contributed by atoms with Crippen molar-refractivity contribution in [1.82, 2.24) is 9.88 Å². The highest BCUT2D eigenvalue weighted by atomic mass is 16.5. The van der Waals surface area contributed by atoms with Crippen LogP contribution in [0.5, 0.6) is 0 Å². The van der Waals surface area contributed by atoms with Gasteiger partial charge in [0.25, 0.3) is 5.91 Å². The number of para-hydroxylation sites is 1. The van der Waals surface area contributed by atoms with Gasteiger partial charge in [-0.25, -0.2) is 0 Å². The van der Waals surface area contributed by atoms with Crippen molar-refractivity contribution in [3.8, 4) is 0 Å². The van der Waals surface area contributed by atoms with Crippen LogP contribution in [-0.2, 0) is 17.8 Å². The lowest BCUT2D eigenvalue weighted by atomic mass is 10.1. The number of nitrogens with zero attached hydrogens (tertiary/aromatic N) is 2. The summed E-state index contributed by atoms with van der Waals surface area (Å²) in [5.74, 6) is 0.493. The molecule has 0 aliphatic carbocycles. The highest BCUT2D eigenvalue weighted by molar-refractivity contribution is 6.07. The molecule has 29 heavy (non-hydrogen) atoms. The minimum atomic E-state index is -0.0269. The number of nitrogens with one attached hydrogen (secondary N) is 1. The Labute approximate surface area is 172 Å². The maximum Gasteiger partial charge on any atom is 0.253 e. The van der Waals surface area contributed by atoms with Crippen LogP contribution in [0.1, 0.15) is 29.8 Å². The lowest BCUT2D eigenvalue weighted by Gasteiger charge is -2.28. The van der Waals surface area contributed by atoms with Crippen LogP contribution >= 0.6 is 0 Å². The molecule has 1 saturated heterocycles. The quantitative estimate of drug-likeness (QED) is 0.689. The molecular weight excluding hydrogens is 362 g/mol. The minimum absolute atomic E-state index is 0.0269. The van der Waals surface area contributed by atoms with Crippen molar-refractivity contribution in [2.45, 2.75) is 26.9 Å². The molecule has 1 aliphatic rings. The van der Waals surface area contributed by atoms with Crippen LogP contribution in [0.2, 0.25) is 0 Å². The van der Waals surface area contributed by atoms with Gasteiger partial charge in [-0.3, -0.25) is 4.79 Å². The van der Waals surface area contributed by atoms with Crippen LogP contribution in [0.25, 0.3) is 10.9 Å². The summed E-state index contributed by atoms with van der Waals surface area (Å²) < 4.78 is 7.60. The first-order valence-corrected chi connectivity index (χ1v) is 10.4. The molecule has 5 nitrogen and oxygen atoms in total. The summed E-state index contributed by atoms with van der Waals surface area (Å²) in [7, 11) is 0. The average Bonchev–Trinajstić information content (AvgIpc) is 3.11. The first-order valence-electron chi connectivity index (χ1n) is 10.4. The van der Waals surface area contributed by atoms with E-state index in [1.54, 1.807) is 0 Å². The third kappa shape index (κ3) is 4.46. The smallest absolute Gasteiger partial charge is 0.253 e. The average molecular weight is 392 g/mol. The fourth-order valence-corrected chi connectivity index (χ4v) is 3.90. The number of carbonyl (C=O) groups is 1. The molecule has 1 aliphatic heterocycles. The lowest BCUT2D eigenvalue weighted by molar-refractivity contribution is 0.0952. The van der Waals surface area contributed by atoms with Crippen LogP contribution < -0.4 is 10.2 Å². The van der Waals surface area contributed by atoms with Gasteiger partial charge in [0, 0.05) is 49.0 Å². The Bertz CT molecular complexity index is 969. The predicted molar refractivity (Wildman–Crippen MR) is 117 cm³/mol. The van der Waals surface area contributed by atoms with Crippen molar-refractivity contribution in [2.24, 2.45) is 5.92 Å². The number of carbonyl (C=O) groups excluding carboxylic acids is 1. The fraction of sp³-hybridized carbons (Fsp3) is 0.375. The van der Waals surface area contributed by atoms with E-state index in [0.29, 0.717) is 12.5 Å². The molecule has 0 unspecified atom stereocenters. The zero-order chi connectivity index (χ0) is 20.2. The van der Waals surface area contributed by atoms with E-state index in [1.165, 1.54) is 5.69 Å². The molecule has 5 heteroatoms. The summed E-state index contributed by atoms with van der Waals surface area (Å²) >= 11 is 0. The van der Waals surface area contributed by atoms with E-state index in [-0.39, 0.29) is 5.91 Å². The van der Waals surface area contributed by atoms with Crippen molar-refractivity contribution in [3.63, 3.8) is 0 Å².